The van der Waals surface area contributed by atoms with Gasteiger partial charge >= 0.3 is 0 Å². The minimum atomic E-state index is -0.0559. The summed E-state index contributed by atoms with van der Waals surface area (Å²) in [4.78, 5) is 11.8. The quantitative estimate of drug-likeness (QED) is 0.891. The molecule has 4 nitrogen and oxygen atoms in total. The molecule has 0 saturated carbocycles. The van der Waals surface area contributed by atoms with Crippen LogP contribution in [-0.4, -0.2) is 12.5 Å². The topological polar surface area (TPSA) is 62.1 Å². The Kier molecular flexibility index (Phi) is 5.76. The summed E-state index contributed by atoms with van der Waals surface area (Å²) < 4.78 is 5.67. The van der Waals surface area contributed by atoms with Crippen LogP contribution in [0.5, 0.6) is 5.75 Å². The molecule has 2 aromatic rings. The normalized spacial score (nSPS) is 9.96. The molecule has 23 heavy (non-hydrogen) atoms. The molecule has 0 aliphatic heterocycles. The van der Waals surface area contributed by atoms with E-state index in [0.29, 0.717) is 25.1 Å². The van der Waals surface area contributed by atoms with Gasteiger partial charge in [0.05, 0.1) is 24.7 Å². The van der Waals surface area contributed by atoms with Crippen molar-refractivity contribution >= 4 is 5.91 Å². The van der Waals surface area contributed by atoms with E-state index in [1.807, 2.05) is 44.2 Å². The molecule has 118 valence electrons. The fourth-order valence-electron chi connectivity index (χ4n) is 2.10. The first-order chi connectivity index (χ1) is 11.1. The van der Waals surface area contributed by atoms with Crippen LogP contribution in [0, 0.1) is 25.2 Å². The van der Waals surface area contributed by atoms with E-state index in [1.165, 1.54) is 0 Å². The second-order valence-corrected chi connectivity index (χ2v) is 5.45. The molecule has 0 bridgehead atoms. The lowest BCUT2D eigenvalue weighted by atomic mass is 10.1. The molecule has 4 heteroatoms. The Labute approximate surface area is 136 Å². The maximum atomic E-state index is 11.8. The summed E-state index contributed by atoms with van der Waals surface area (Å²) in [5, 5.41) is 11.6. The number of nitrogens with zero attached hydrogens (tertiary/aromatic N) is 1. The standard InChI is InChI=1S/C19H20N2O2/c1-14-3-4-15(2)18(11-14)23-10-9-19(22)21-13-17-7-5-16(12-20)6-8-17/h3-8,11H,9-10,13H2,1-2H3,(H,21,22). The first kappa shape index (κ1) is 16.6. The lowest BCUT2D eigenvalue weighted by molar-refractivity contribution is -0.121. The molecule has 0 fully saturated rings. The molecule has 0 aliphatic carbocycles. The van der Waals surface area contributed by atoms with Gasteiger partial charge in [0.15, 0.2) is 0 Å². The van der Waals surface area contributed by atoms with Gasteiger partial charge in [-0.05, 0) is 48.7 Å². The zero-order valence-electron chi connectivity index (χ0n) is 13.4. The van der Waals surface area contributed by atoms with E-state index in [-0.39, 0.29) is 5.91 Å². The van der Waals surface area contributed by atoms with E-state index in [2.05, 4.69) is 11.4 Å². The first-order valence-electron chi connectivity index (χ1n) is 7.54. The second-order valence-electron chi connectivity index (χ2n) is 5.45. The predicted molar refractivity (Wildman–Crippen MR) is 89.0 cm³/mol. The summed E-state index contributed by atoms with van der Waals surface area (Å²) in [7, 11) is 0. The van der Waals surface area contributed by atoms with E-state index in [4.69, 9.17) is 10.00 Å². The van der Waals surface area contributed by atoms with Crippen LogP contribution in [0.4, 0.5) is 0 Å². The maximum absolute atomic E-state index is 11.8. The lowest BCUT2D eigenvalue weighted by Crippen LogP contribution is -2.24. The van der Waals surface area contributed by atoms with Crippen LogP contribution in [0.2, 0.25) is 0 Å². The second kappa shape index (κ2) is 8.00. The van der Waals surface area contributed by atoms with Gasteiger partial charge in [-0.25, -0.2) is 0 Å². The zero-order valence-corrected chi connectivity index (χ0v) is 13.4. The minimum absolute atomic E-state index is 0.0559. The number of benzene rings is 2. The Hall–Kier alpha value is -2.80. The number of hydrogen-bond donors (Lipinski definition) is 1. The Balaban J connectivity index is 1.74. The van der Waals surface area contributed by atoms with Gasteiger partial charge in [-0.1, -0.05) is 24.3 Å². The van der Waals surface area contributed by atoms with Gasteiger partial charge in [-0.15, -0.1) is 0 Å². The van der Waals surface area contributed by atoms with Crippen molar-refractivity contribution in [1.29, 1.82) is 5.26 Å². The SMILES string of the molecule is Cc1ccc(C)c(OCCC(=O)NCc2ccc(C#N)cc2)c1. The monoisotopic (exact) mass is 308 g/mol. The van der Waals surface area contributed by atoms with Crippen LogP contribution < -0.4 is 10.1 Å². The number of rotatable bonds is 6. The van der Waals surface area contributed by atoms with Crippen LogP contribution >= 0.6 is 0 Å². The van der Waals surface area contributed by atoms with Crippen molar-refractivity contribution in [2.45, 2.75) is 26.8 Å². The van der Waals surface area contributed by atoms with E-state index in [9.17, 15) is 4.79 Å². The number of hydrogen-bond acceptors (Lipinski definition) is 3. The summed E-state index contributed by atoms with van der Waals surface area (Å²) in [5.41, 5.74) is 3.78. The number of carbonyl (C=O) groups is 1. The van der Waals surface area contributed by atoms with Crippen LogP contribution in [0.1, 0.15) is 28.7 Å². The molecule has 2 rings (SSSR count). The Morgan fingerprint density at radius 2 is 1.91 bits per heavy atom. The fourth-order valence-corrected chi connectivity index (χ4v) is 2.10. The highest BCUT2D eigenvalue weighted by Crippen LogP contribution is 2.19. The average Bonchev–Trinajstić information content (AvgIpc) is 2.56. The summed E-state index contributed by atoms with van der Waals surface area (Å²) in [6.07, 6.45) is 0.309. The number of ether oxygens (including phenoxy) is 1. The van der Waals surface area contributed by atoms with Crippen LogP contribution in [0.15, 0.2) is 42.5 Å². The van der Waals surface area contributed by atoms with Gasteiger partial charge in [0, 0.05) is 6.54 Å². The molecule has 2 aromatic carbocycles. The van der Waals surface area contributed by atoms with E-state index >= 15 is 0 Å². The van der Waals surface area contributed by atoms with Crippen LogP contribution in [0.3, 0.4) is 0 Å². The number of nitriles is 1. The van der Waals surface area contributed by atoms with Gasteiger partial charge in [-0.2, -0.15) is 5.26 Å². The zero-order chi connectivity index (χ0) is 16.7. The number of nitrogens with one attached hydrogen (secondary N) is 1. The molecule has 0 heterocycles. The summed E-state index contributed by atoms with van der Waals surface area (Å²) >= 11 is 0. The Morgan fingerprint density at radius 1 is 1.17 bits per heavy atom. The third-order valence-electron chi connectivity index (χ3n) is 3.50. The third kappa shape index (κ3) is 5.15. The van der Waals surface area contributed by atoms with Gasteiger partial charge in [-0.3, -0.25) is 4.79 Å². The molecule has 0 saturated heterocycles. The lowest BCUT2D eigenvalue weighted by Gasteiger charge is -2.10. The summed E-state index contributed by atoms with van der Waals surface area (Å²) in [6, 6.07) is 15.2. The van der Waals surface area contributed by atoms with E-state index in [0.717, 1.165) is 22.4 Å². The highest BCUT2D eigenvalue weighted by Gasteiger charge is 2.04. The fraction of sp³-hybridized carbons (Fsp3) is 0.263. The third-order valence-corrected chi connectivity index (χ3v) is 3.50. The van der Waals surface area contributed by atoms with E-state index < -0.39 is 0 Å². The van der Waals surface area contributed by atoms with Crippen molar-refractivity contribution in [3.05, 3.63) is 64.7 Å². The predicted octanol–water partition coefficient (Wildman–Crippen LogP) is 3.26. The van der Waals surface area contributed by atoms with Gasteiger partial charge < -0.3 is 10.1 Å². The van der Waals surface area contributed by atoms with Crippen molar-refractivity contribution in [3.63, 3.8) is 0 Å². The summed E-state index contributed by atoms with van der Waals surface area (Å²) in [5.74, 6) is 0.768. The molecule has 0 aromatic heterocycles. The smallest absolute Gasteiger partial charge is 0.223 e. The van der Waals surface area contributed by atoms with Gasteiger partial charge in [0.1, 0.15) is 5.75 Å². The molecule has 0 unspecified atom stereocenters. The summed E-state index contributed by atoms with van der Waals surface area (Å²) in [6.45, 7) is 4.80. The molecule has 0 aliphatic rings. The van der Waals surface area contributed by atoms with Crippen LogP contribution in [-0.2, 0) is 11.3 Å². The average molecular weight is 308 g/mol. The largest absolute Gasteiger partial charge is 0.493 e. The van der Waals surface area contributed by atoms with Crippen molar-refractivity contribution < 1.29 is 9.53 Å². The van der Waals surface area contributed by atoms with Crippen molar-refractivity contribution in [1.82, 2.24) is 5.32 Å². The molecule has 0 spiro atoms. The number of carbonyl (C=O) groups excluding carboxylic acids is 1. The van der Waals surface area contributed by atoms with Gasteiger partial charge in [0.2, 0.25) is 5.91 Å². The Morgan fingerprint density at radius 3 is 2.61 bits per heavy atom. The number of amides is 1. The van der Waals surface area contributed by atoms with Crippen molar-refractivity contribution in [3.8, 4) is 11.8 Å². The van der Waals surface area contributed by atoms with Gasteiger partial charge in [0.25, 0.3) is 0 Å². The van der Waals surface area contributed by atoms with Crippen molar-refractivity contribution in [2.75, 3.05) is 6.61 Å². The van der Waals surface area contributed by atoms with Crippen LogP contribution in [0.25, 0.3) is 0 Å². The van der Waals surface area contributed by atoms with Crippen molar-refractivity contribution in [2.24, 2.45) is 0 Å². The van der Waals surface area contributed by atoms with E-state index in [1.54, 1.807) is 12.1 Å². The highest BCUT2D eigenvalue weighted by molar-refractivity contribution is 5.76. The first-order valence-corrected chi connectivity index (χ1v) is 7.54. The molecule has 0 atom stereocenters. The molecular formula is C19H20N2O2. The molecular weight excluding hydrogens is 288 g/mol. The molecule has 0 radical (unpaired) electrons. The Bertz CT molecular complexity index is 715. The minimum Gasteiger partial charge on any atom is -0.493 e. The molecule has 1 N–H and O–H groups in total. The maximum Gasteiger partial charge on any atom is 0.223 e. The highest BCUT2D eigenvalue weighted by atomic mass is 16.5. The molecule has 1 amide bonds. The number of aryl methyl sites for hydroxylation is 2.